The minimum atomic E-state index is -0.870. The van der Waals surface area contributed by atoms with Crippen LogP contribution in [0, 0.1) is 0 Å². The molecule has 4 aromatic carbocycles. The van der Waals surface area contributed by atoms with E-state index in [9.17, 15) is 4.79 Å². The molecule has 0 saturated carbocycles. The monoisotopic (exact) mass is 468 g/mol. The summed E-state index contributed by atoms with van der Waals surface area (Å²) in [5, 5.41) is 9.66. The lowest BCUT2D eigenvalue weighted by atomic mass is 9.95. The minimum absolute atomic E-state index is 0.142. The lowest BCUT2D eigenvalue weighted by Gasteiger charge is -2.37. The molecule has 6 heteroatoms. The molecule has 0 fully saturated rings. The average Bonchev–Trinajstić information content (AvgIpc) is 3.33. The quantitative estimate of drug-likeness (QED) is 0.332. The van der Waals surface area contributed by atoms with Crippen LogP contribution in [0.1, 0.15) is 33.9 Å². The molecule has 34 heavy (non-hydrogen) atoms. The van der Waals surface area contributed by atoms with Crippen LogP contribution < -0.4 is 9.47 Å². The van der Waals surface area contributed by atoms with Crippen LogP contribution in [0.3, 0.4) is 0 Å². The highest BCUT2D eigenvalue weighted by atomic mass is 35.5. The first-order valence-electron chi connectivity index (χ1n) is 11.1. The van der Waals surface area contributed by atoms with E-state index in [1.165, 1.54) is 5.39 Å². The van der Waals surface area contributed by atoms with Gasteiger partial charge in [0, 0.05) is 22.6 Å². The number of hydrogen-bond donors (Lipinski definition) is 0. The van der Waals surface area contributed by atoms with E-state index in [1.54, 1.807) is 42.5 Å². The molecule has 0 bridgehead atoms. The zero-order chi connectivity index (χ0) is 23.2. The van der Waals surface area contributed by atoms with Crippen molar-refractivity contribution in [2.45, 2.75) is 18.7 Å². The molecule has 0 aromatic heterocycles. The summed E-state index contributed by atoms with van der Waals surface area (Å²) < 4.78 is 11.4. The summed E-state index contributed by atoms with van der Waals surface area (Å²) in [6.45, 7) is 0. The van der Waals surface area contributed by atoms with Gasteiger partial charge in [0.2, 0.25) is 5.78 Å². The first-order valence-corrected chi connectivity index (χ1v) is 11.5. The Hall–Kier alpha value is -3.83. The first kappa shape index (κ1) is 20.8. The fourth-order valence-electron chi connectivity index (χ4n) is 4.67. The molecular formula is C28H21ClN2O3. The summed E-state index contributed by atoms with van der Waals surface area (Å²) in [6, 6.07) is 27.0. The Morgan fingerprint density at radius 1 is 1.00 bits per heavy atom. The van der Waals surface area contributed by atoms with Crippen LogP contribution in [0.4, 0.5) is 0 Å². The van der Waals surface area contributed by atoms with Crippen LogP contribution in [0.15, 0.2) is 90.0 Å². The Morgan fingerprint density at radius 2 is 1.79 bits per heavy atom. The molecule has 0 N–H and O–H groups in total. The van der Waals surface area contributed by atoms with E-state index in [2.05, 4.69) is 30.3 Å². The van der Waals surface area contributed by atoms with Crippen molar-refractivity contribution < 1.29 is 14.3 Å². The Kier molecular flexibility index (Phi) is 5.00. The molecule has 5 nitrogen and oxygen atoms in total. The maximum atomic E-state index is 13.5. The third-order valence-electron chi connectivity index (χ3n) is 6.43. The second kappa shape index (κ2) is 8.19. The summed E-state index contributed by atoms with van der Waals surface area (Å²) in [5.74, 6) is 1.20. The van der Waals surface area contributed by atoms with E-state index in [0.717, 1.165) is 22.2 Å². The van der Waals surface area contributed by atoms with Gasteiger partial charge >= 0.3 is 0 Å². The summed E-state index contributed by atoms with van der Waals surface area (Å²) >= 11 is 6.32. The van der Waals surface area contributed by atoms with Gasteiger partial charge in [-0.3, -0.25) is 4.79 Å². The number of nitrogens with zero attached hydrogens (tertiary/aromatic N) is 2. The van der Waals surface area contributed by atoms with Crippen molar-refractivity contribution in [2.24, 2.45) is 5.10 Å². The molecule has 2 aliphatic heterocycles. The molecule has 2 heterocycles. The standard InChI is InChI=1S/C28H21ClN2O3/c1-33-22-11-8-18(9-12-22)27(32)28-31-25(23-15-21(29)10-13-26(23)34-28)16-24(30-31)20-7-6-17-4-2-3-5-19(17)14-20/h2-15,25,28H,16H2,1H3/t25-,28-/m0/s1. The van der Waals surface area contributed by atoms with Crippen molar-refractivity contribution in [3.63, 3.8) is 0 Å². The van der Waals surface area contributed by atoms with Crippen molar-refractivity contribution in [1.29, 1.82) is 0 Å². The normalized spacial score (nSPS) is 18.6. The second-order valence-corrected chi connectivity index (χ2v) is 8.89. The second-order valence-electron chi connectivity index (χ2n) is 8.45. The van der Waals surface area contributed by atoms with Gasteiger partial charge in [0.15, 0.2) is 0 Å². The van der Waals surface area contributed by atoms with Gasteiger partial charge in [-0.1, -0.05) is 48.0 Å². The van der Waals surface area contributed by atoms with Crippen LogP contribution >= 0.6 is 11.6 Å². The third kappa shape index (κ3) is 3.49. The van der Waals surface area contributed by atoms with E-state index in [-0.39, 0.29) is 11.8 Å². The number of ketones is 1. The topological polar surface area (TPSA) is 51.1 Å². The van der Waals surface area contributed by atoms with Gasteiger partial charge in [0.1, 0.15) is 11.5 Å². The summed E-state index contributed by atoms with van der Waals surface area (Å²) in [5.41, 5.74) is 3.43. The Labute approximate surface area is 202 Å². The number of methoxy groups -OCH3 is 1. The number of hydrazone groups is 1. The number of carbonyl (C=O) groups is 1. The highest BCUT2D eigenvalue weighted by Crippen LogP contribution is 2.44. The van der Waals surface area contributed by atoms with E-state index < -0.39 is 6.23 Å². The average molecular weight is 469 g/mol. The lowest BCUT2D eigenvalue weighted by molar-refractivity contribution is -0.00455. The zero-order valence-electron chi connectivity index (χ0n) is 18.4. The molecule has 0 saturated heterocycles. The molecule has 0 unspecified atom stereocenters. The number of fused-ring (bicyclic) bond motifs is 4. The third-order valence-corrected chi connectivity index (χ3v) is 6.67. The van der Waals surface area contributed by atoms with Gasteiger partial charge in [0.05, 0.1) is 18.9 Å². The minimum Gasteiger partial charge on any atom is -0.497 e. The molecule has 4 aromatic rings. The molecular weight excluding hydrogens is 448 g/mol. The van der Waals surface area contributed by atoms with Gasteiger partial charge in [-0.15, -0.1) is 0 Å². The smallest absolute Gasteiger partial charge is 0.251 e. The van der Waals surface area contributed by atoms with E-state index in [1.807, 2.05) is 24.3 Å². The largest absolute Gasteiger partial charge is 0.497 e. The van der Waals surface area contributed by atoms with Gasteiger partial charge in [0.25, 0.3) is 6.23 Å². The molecule has 2 aliphatic rings. The number of halogens is 1. The summed E-state index contributed by atoms with van der Waals surface area (Å²) in [4.78, 5) is 13.5. The summed E-state index contributed by atoms with van der Waals surface area (Å²) in [7, 11) is 1.60. The fraction of sp³-hybridized carbons (Fsp3) is 0.143. The zero-order valence-corrected chi connectivity index (χ0v) is 19.2. The number of carbonyl (C=O) groups excluding carboxylic acids is 1. The lowest BCUT2D eigenvalue weighted by Crippen LogP contribution is -2.45. The molecule has 2 atom stereocenters. The highest BCUT2D eigenvalue weighted by Gasteiger charge is 2.43. The van der Waals surface area contributed by atoms with Crippen LogP contribution in [-0.4, -0.2) is 29.8 Å². The fourth-order valence-corrected chi connectivity index (χ4v) is 4.85. The van der Waals surface area contributed by atoms with Gasteiger partial charge in [-0.2, -0.15) is 5.10 Å². The first-order chi connectivity index (χ1) is 16.6. The van der Waals surface area contributed by atoms with Crippen molar-refractivity contribution in [2.75, 3.05) is 7.11 Å². The van der Waals surface area contributed by atoms with Gasteiger partial charge in [-0.05, 0) is 64.9 Å². The van der Waals surface area contributed by atoms with Crippen LogP contribution in [-0.2, 0) is 0 Å². The van der Waals surface area contributed by atoms with Gasteiger partial charge < -0.3 is 9.47 Å². The van der Waals surface area contributed by atoms with Crippen molar-refractivity contribution >= 4 is 33.9 Å². The van der Waals surface area contributed by atoms with Gasteiger partial charge in [-0.25, -0.2) is 5.01 Å². The highest BCUT2D eigenvalue weighted by molar-refractivity contribution is 6.30. The number of hydrogen-bond acceptors (Lipinski definition) is 5. The number of ether oxygens (including phenoxy) is 2. The predicted molar refractivity (Wildman–Crippen MR) is 133 cm³/mol. The van der Waals surface area contributed by atoms with Crippen LogP contribution in [0.2, 0.25) is 5.02 Å². The molecule has 0 amide bonds. The maximum Gasteiger partial charge on any atom is 0.251 e. The van der Waals surface area contributed by atoms with Crippen LogP contribution in [0.25, 0.3) is 10.8 Å². The van der Waals surface area contributed by atoms with Crippen molar-refractivity contribution in [1.82, 2.24) is 5.01 Å². The Bertz CT molecular complexity index is 1450. The SMILES string of the molecule is COc1ccc(C(=O)[C@@H]2Oc3ccc(Cl)cc3[C@@H]3CC(c4ccc5ccccc5c4)=NN23)cc1. The van der Waals surface area contributed by atoms with E-state index in [0.29, 0.717) is 28.5 Å². The van der Waals surface area contributed by atoms with Crippen LogP contribution in [0.5, 0.6) is 11.5 Å². The van der Waals surface area contributed by atoms with Crippen molar-refractivity contribution in [3.05, 3.63) is 107 Å². The number of benzene rings is 4. The molecule has 0 aliphatic carbocycles. The summed E-state index contributed by atoms with van der Waals surface area (Å²) in [6.07, 6.45) is -0.216. The molecule has 0 spiro atoms. The molecule has 168 valence electrons. The van der Waals surface area contributed by atoms with E-state index >= 15 is 0 Å². The van der Waals surface area contributed by atoms with E-state index in [4.69, 9.17) is 26.2 Å². The number of Topliss-reactive ketones (excluding diaryl/α,β-unsaturated/α-hetero) is 1. The molecule has 0 radical (unpaired) electrons. The predicted octanol–water partition coefficient (Wildman–Crippen LogP) is 6.25. The Balaban J connectivity index is 1.41. The van der Waals surface area contributed by atoms with Crippen molar-refractivity contribution in [3.8, 4) is 11.5 Å². The maximum absolute atomic E-state index is 13.5. The molecule has 6 rings (SSSR count). The Morgan fingerprint density at radius 3 is 2.59 bits per heavy atom. The number of rotatable bonds is 4.